The van der Waals surface area contributed by atoms with Gasteiger partial charge in [-0.05, 0) is 12.0 Å². The number of benzene rings is 1. The van der Waals surface area contributed by atoms with Crippen molar-refractivity contribution < 1.29 is 9.90 Å². The topological polar surface area (TPSA) is 59.3 Å². The molecule has 2 aromatic rings. The minimum atomic E-state index is -1.17. The van der Waals surface area contributed by atoms with Gasteiger partial charge in [0, 0.05) is 24.4 Å². The minimum Gasteiger partial charge on any atom is -0.477 e. The SMILES string of the molecule is O=C(O)c1cn2c(cc1=O)-c1ccccc1CC2. The van der Waals surface area contributed by atoms with Crippen LogP contribution in [-0.4, -0.2) is 15.6 Å². The van der Waals surface area contributed by atoms with E-state index in [1.165, 1.54) is 17.8 Å². The maximum atomic E-state index is 11.7. The lowest BCUT2D eigenvalue weighted by Gasteiger charge is -2.22. The van der Waals surface area contributed by atoms with Gasteiger partial charge in [0.1, 0.15) is 5.56 Å². The maximum absolute atomic E-state index is 11.7. The molecule has 0 saturated carbocycles. The van der Waals surface area contributed by atoms with Gasteiger partial charge < -0.3 is 9.67 Å². The Kier molecular flexibility index (Phi) is 2.30. The molecule has 0 saturated heterocycles. The van der Waals surface area contributed by atoms with Gasteiger partial charge in [0.15, 0.2) is 5.43 Å². The number of hydrogen-bond donors (Lipinski definition) is 1. The predicted octanol–water partition coefficient (Wildman–Crippen LogP) is 1.77. The standard InChI is InChI=1S/C14H11NO3/c16-13-7-12-10-4-2-1-3-9(10)5-6-15(12)8-11(13)14(17)18/h1-4,7-8H,5-6H2,(H,17,18). The number of aryl methyl sites for hydroxylation is 2. The van der Waals surface area contributed by atoms with Crippen molar-refractivity contribution in [3.05, 3.63) is 57.9 Å². The fourth-order valence-corrected chi connectivity index (χ4v) is 2.38. The molecule has 0 radical (unpaired) electrons. The highest BCUT2D eigenvalue weighted by molar-refractivity contribution is 5.87. The minimum absolute atomic E-state index is 0.168. The molecule has 1 aromatic heterocycles. The molecule has 0 bridgehead atoms. The van der Waals surface area contributed by atoms with Crippen molar-refractivity contribution in [3.63, 3.8) is 0 Å². The number of aromatic carboxylic acids is 1. The highest BCUT2D eigenvalue weighted by atomic mass is 16.4. The smallest absolute Gasteiger partial charge is 0.341 e. The molecule has 1 aliphatic rings. The fraction of sp³-hybridized carbons (Fsp3) is 0.143. The highest BCUT2D eigenvalue weighted by Crippen LogP contribution is 2.27. The highest BCUT2D eigenvalue weighted by Gasteiger charge is 2.18. The van der Waals surface area contributed by atoms with Gasteiger partial charge in [-0.15, -0.1) is 0 Å². The Labute approximate surface area is 103 Å². The average Bonchev–Trinajstić information content (AvgIpc) is 2.37. The number of fused-ring (bicyclic) bond motifs is 3. The molecular formula is C14H11NO3. The Morgan fingerprint density at radius 1 is 1.28 bits per heavy atom. The second kappa shape index (κ2) is 3.84. The molecule has 18 heavy (non-hydrogen) atoms. The van der Waals surface area contributed by atoms with E-state index in [9.17, 15) is 9.59 Å². The number of pyridine rings is 1. The third-order valence-corrected chi connectivity index (χ3v) is 3.27. The molecule has 3 rings (SSSR count). The van der Waals surface area contributed by atoms with Crippen LogP contribution in [0, 0.1) is 0 Å². The van der Waals surface area contributed by atoms with Crippen LogP contribution in [0.5, 0.6) is 0 Å². The second-order valence-corrected chi connectivity index (χ2v) is 4.34. The number of carboxylic acid groups (broad SMARTS) is 1. The zero-order valence-corrected chi connectivity index (χ0v) is 9.59. The van der Waals surface area contributed by atoms with Crippen molar-refractivity contribution in [1.82, 2.24) is 4.57 Å². The summed E-state index contributed by atoms with van der Waals surface area (Å²) in [4.78, 5) is 22.7. The summed E-state index contributed by atoms with van der Waals surface area (Å²) in [5.41, 5.74) is 2.40. The third kappa shape index (κ3) is 1.54. The van der Waals surface area contributed by atoms with Crippen LogP contribution in [0.25, 0.3) is 11.3 Å². The van der Waals surface area contributed by atoms with Gasteiger partial charge in [0.25, 0.3) is 0 Å². The summed E-state index contributed by atoms with van der Waals surface area (Å²) < 4.78 is 1.84. The lowest BCUT2D eigenvalue weighted by molar-refractivity contribution is 0.0694. The Bertz CT molecular complexity index is 700. The molecular weight excluding hydrogens is 230 g/mol. The molecule has 1 N–H and O–H groups in total. The Morgan fingerprint density at radius 3 is 2.83 bits per heavy atom. The molecule has 90 valence electrons. The largest absolute Gasteiger partial charge is 0.477 e. The van der Waals surface area contributed by atoms with E-state index in [1.807, 2.05) is 28.8 Å². The maximum Gasteiger partial charge on any atom is 0.341 e. The Balaban J connectivity index is 2.27. The van der Waals surface area contributed by atoms with Gasteiger partial charge >= 0.3 is 5.97 Å². The zero-order chi connectivity index (χ0) is 12.7. The van der Waals surface area contributed by atoms with Crippen LogP contribution in [-0.2, 0) is 13.0 Å². The van der Waals surface area contributed by atoms with E-state index in [0.29, 0.717) is 6.54 Å². The first-order chi connectivity index (χ1) is 8.66. The van der Waals surface area contributed by atoms with Crippen molar-refractivity contribution in [2.24, 2.45) is 0 Å². The molecule has 0 unspecified atom stereocenters. The van der Waals surface area contributed by atoms with Crippen LogP contribution in [0.15, 0.2) is 41.3 Å². The average molecular weight is 241 g/mol. The number of carboxylic acids is 1. The first kappa shape index (κ1) is 10.8. The van der Waals surface area contributed by atoms with Crippen LogP contribution >= 0.6 is 0 Å². The van der Waals surface area contributed by atoms with Gasteiger partial charge in [0.2, 0.25) is 0 Å². The van der Waals surface area contributed by atoms with Crippen molar-refractivity contribution in [2.75, 3.05) is 0 Å². The Morgan fingerprint density at radius 2 is 2.06 bits per heavy atom. The molecule has 0 aliphatic carbocycles. The van der Waals surface area contributed by atoms with E-state index in [0.717, 1.165) is 17.7 Å². The van der Waals surface area contributed by atoms with Crippen LogP contribution in [0.1, 0.15) is 15.9 Å². The van der Waals surface area contributed by atoms with Crippen molar-refractivity contribution >= 4 is 5.97 Å². The molecule has 2 heterocycles. The number of aromatic nitrogens is 1. The summed E-state index contributed by atoms with van der Waals surface area (Å²) in [5, 5.41) is 8.95. The molecule has 0 fully saturated rings. The van der Waals surface area contributed by atoms with E-state index < -0.39 is 11.4 Å². The quantitative estimate of drug-likeness (QED) is 0.827. The van der Waals surface area contributed by atoms with E-state index in [2.05, 4.69) is 0 Å². The number of rotatable bonds is 1. The number of hydrogen-bond acceptors (Lipinski definition) is 2. The summed E-state index contributed by atoms with van der Waals surface area (Å²) in [6, 6.07) is 9.30. The molecule has 4 heteroatoms. The summed E-state index contributed by atoms with van der Waals surface area (Å²) >= 11 is 0. The van der Waals surface area contributed by atoms with Gasteiger partial charge in [-0.3, -0.25) is 4.79 Å². The summed E-state index contributed by atoms with van der Waals surface area (Å²) in [7, 11) is 0. The number of carbonyl (C=O) groups is 1. The van der Waals surface area contributed by atoms with Gasteiger partial charge in [0.05, 0.1) is 5.69 Å². The van der Waals surface area contributed by atoms with E-state index in [1.54, 1.807) is 0 Å². The molecule has 0 amide bonds. The fourth-order valence-electron chi connectivity index (χ4n) is 2.38. The van der Waals surface area contributed by atoms with Crippen molar-refractivity contribution in [3.8, 4) is 11.3 Å². The summed E-state index contributed by atoms with van der Waals surface area (Å²) in [6.07, 6.45) is 2.29. The monoisotopic (exact) mass is 241 g/mol. The van der Waals surface area contributed by atoms with Crippen LogP contribution in [0.3, 0.4) is 0 Å². The van der Waals surface area contributed by atoms with Gasteiger partial charge in [-0.2, -0.15) is 0 Å². The van der Waals surface area contributed by atoms with Crippen molar-refractivity contribution in [2.45, 2.75) is 13.0 Å². The normalized spacial score (nSPS) is 12.7. The summed E-state index contributed by atoms with van der Waals surface area (Å²) in [5.74, 6) is -1.17. The van der Waals surface area contributed by atoms with Crippen LogP contribution in [0.2, 0.25) is 0 Å². The van der Waals surface area contributed by atoms with Crippen LogP contribution < -0.4 is 5.43 Å². The van der Waals surface area contributed by atoms with E-state index >= 15 is 0 Å². The molecule has 1 aromatic carbocycles. The third-order valence-electron chi connectivity index (χ3n) is 3.27. The van der Waals surface area contributed by atoms with Crippen molar-refractivity contribution in [1.29, 1.82) is 0 Å². The first-order valence-electron chi connectivity index (χ1n) is 5.73. The molecule has 1 aliphatic heterocycles. The lowest BCUT2D eigenvalue weighted by atomic mass is 9.97. The molecule has 0 atom stereocenters. The lowest BCUT2D eigenvalue weighted by Crippen LogP contribution is -2.21. The summed E-state index contributed by atoms with van der Waals surface area (Å²) in [6.45, 7) is 0.701. The zero-order valence-electron chi connectivity index (χ0n) is 9.59. The van der Waals surface area contributed by atoms with Crippen LogP contribution in [0.4, 0.5) is 0 Å². The first-order valence-corrected chi connectivity index (χ1v) is 5.73. The Hall–Kier alpha value is -2.36. The van der Waals surface area contributed by atoms with Gasteiger partial charge in [-0.25, -0.2) is 4.79 Å². The van der Waals surface area contributed by atoms with Gasteiger partial charge in [-0.1, -0.05) is 24.3 Å². The molecule has 4 nitrogen and oxygen atoms in total. The number of nitrogens with zero attached hydrogens (tertiary/aromatic N) is 1. The second-order valence-electron chi connectivity index (χ2n) is 4.34. The molecule has 0 spiro atoms. The van der Waals surface area contributed by atoms with E-state index in [4.69, 9.17) is 5.11 Å². The van der Waals surface area contributed by atoms with E-state index in [-0.39, 0.29) is 5.56 Å². The predicted molar refractivity (Wildman–Crippen MR) is 66.8 cm³/mol.